The summed E-state index contributed by atoms with van der Waals surface area (Å²) >= 11 is 0. The molecule has 48 valence electrons. The summed E-state index contributed by atoms with van der Waals surface area (Å²) in [6.07, 6.45) is 3.23. The minimum absolute atomic E-state index is 0.722. The minimum atomic E-state index is 0.722. The van der Waals surface area contributed by atoms with Gasteiger partial charge in [0, 0.05) is 6.42 Å². The Balaban J connectivity index is 2.61. The van der Waals surface area contributed by atoms with Crippen LogP contribution in [0.5, 0.6) is 0 Å². The number of hydrogen-bond acceptors (Lipinski definition) is 4. The second-order valence-electron chi connectivity index (χ2n) is 1.71. The van der Waals surface area contributed by atoms with Crippen molar-refractivity contribution in [2.75, 3.05) is 0 Å². The fourth-order valence-electron chi connectivity index (χ4n) is 0.552. The van der Waals surface area contributed by atoms with Crippen molar-refractivity contribution in [2.24, 2.45) is 0 Å². The van der Waals surface area contributed by atoms with Crippen LogP contribution in [0.3, 0.4) is 0 Å². The predicted molar refractivity (Wildman–Crippen MR) is 31.6 cm³/mol. The van der Waals surface area contributed by atoms with Gasteiger partial charge in [-0.15, -0.1) is 20.4 Å². The molecule has 4 heteroatoms. The van der Waals surface area contributed by atoms with E-state index in [2.05, 4.69) is 27.3 Å². The molecule has 0 amide bonds. The van der Waals surface area contributed by atoms with E-state index in [0.29, 0.717) is 0 Å². The summed E-state index contributed by atoms with van der Waals surface area (Å²) in [7, 11) is 0. The van der Waals surface area contributed by atoms with Crippen LogP contribution < -0.4 is 0 Å². The highest BCUT2D eigenvalue weighted by Gasteiger charge is 1.90. The van der Waals surface area contributed by atoms with Gasteiger partial charge in [-0.3, -0.25) is 0 Å². The zero-order chi connectivity index (χ0) is 6.53. The molecule has 0 saturated carbocycles. The Morgan fingerprint density at radius 1 is 1.33 bits per heavy atom. The lowest BCUT2D eigenvalue weighted by atomic mass is 10.3. The molecule has 0 radical (unpaired) electrons. The highest BCUT2D eigenvalue weighted by atomic mass is 15.3. The zero-order valence-electron chi connectivity index (χ0n) is 5.28. The first-order valence-corrected chi connectivity index (χ1v) is 2.92. The molecule has 0 aromatic carbocycles. The minimum Gasteiger partial charge on any atom is -0.135 e. The van der Waals surface area contributed by atoms with E-state index in [0.717, 1.165) is 18.7 Å². The van der Waals surface area contributed by atoms with Crippen LogP contribution in [-0.2, 0) is 6.42 Å². The third-order valence-corrected chi connectivity index (χ3v) is 0.923. The van der Waals surface area contributed by atoms with Crippen LogP contribution in [0, 0.1) is 0 Å². The zero-order valence-corrected chi connectivity index (χ0v) is 5.28. The number of aryl methyl sites for hydroxylation is 1. The molecule has 4 nitrogen and oxygen atoms in total. The van der Waals surface area contributed by atoms with Crippen LogP contribution in [0.15, 0.2) is 6.33 Å². The summed E-state index contributed by atoms with van der Waals surface area (Å²) in [5, 5.41) is 14.6. The molecule has 1 rings (SSSR count). The summed E-state index contributed by atoms with van der Waals surface area (Å²) in [6.45, 7) is 2.07. The van der Waals surface area contributed by atoms with Crippen molar-refractivity contribution in [1.82, 2.24) is 20.4 Å². The molecule has 0 aliphatic rings. The summed E-state index contributed by atoms with van der Waals surface area (Å²) in [4.78, 5) is 0. The van der Waals surface area contributed by atoms with Crippen LogP contribution in [0.2, 0.25) is 0 Å². The van der Waals surface area contributed by atoms with Gasteiger partial charge in [-0.1, -0.05) is 6.92 Å². The van der Waals surface area contributed by atoms with E-state index in [-0.39, 0.29) is 0 Å². The molecule has 0 N–H and O–H groups in total. The Morgan fingerprint density at radius 2 is 2.00 bits per heavy atom. The standard InChI is InChI=1S/C5H8N4/c1-2-3-5-8-6-4-7-9-5/h4H,2-3H2,1H3. The van der Waals surface area contributed by atoms with Crippen LogP contribution in [0.1, 0.15) is 19.2 Å². The Bertz CT molecular complexity index is 162. The smallest absolute Gasteiger partial charge is 0.135 e. The molecule has 0 aliphatic heterocycles. The predicted octanol–water partition coefficient (Wildman–Crippen LogP) is 0.219. The lowest BCUT2D eigenvalue weighted by molar-refractivity contribution is 0.730. The van der Waals surface area contributed by atoms with Gasteiger partial charge in [-0.2, -0.15) is 0 Å². The molecule has 1 aromatic rings. The van der Waals surface area contributed by atoms with E-state index in [1.54, 1.807) is 0 Å². The highest BCUT2D eigenvalue weighted by molar-refractivity contribution is 4.74. The van der Waals surface area contributed by atoms with Gasteiger partial charge in [-0.25, -0.2) is 0 Å². The van der Waals surface area contributed by atoms with Crippen LogP contribution in [-0.4, -0.2) is 20.4 Å². The first kappa shape index (κ1) is 6.07. The van der Waals surface area contributed by atoms with Crippen LogP contribution in [0.25, 0.3) is 0 Å². The average Bonchev–Trinajstić information content (AvgIpc) is 1.91. The second kappa shape index (κ2) is 3.06. The normalized spacial score (nSPS) is 9.44. The van der Waals surface area contributed by atoms with Crippen molar-refractivity contribution in [3.8, 4) is 0 Å². The summed E-state index contributed by atoms with van der Waals surface area (Å²) in [5.41, 5.74) is 0. The molecule has 0 bridgehead atoms. The van der Waals surface area contributed by atoms with Crippen molar-refractivity contribution >= 4 is 0 Å². The van der Waals surface area contributed by atoms with Gasteiger partial charge in [0.1, 0.15) is 0 Å². The molecule has 0 unspecified atom stereocenters. The number of aromatic nitrogens is 4. The van der Waals surface area contributed by atoms with Gasteiger partial charge in [0.15, 0.2) is 12.2 Å². The molecule has 1 heterocycles. The van der Waals surface area contributed by atoms with Crippen molar-refractivity contribution in [2.45, 2.75) is 19.8 Å². The van der Waals surface area contributed by atoms with Gasteiger partial charge in [0.05, 0.1) is 0 Å². The van der Waals surface area contributed by atoms with E-state index >= 15 is 0 Å². The Morgan fingerprint density at radius 3 is 2.56 bits per heavy atom. The van der Waals surface area contributed by atoms with Crippen LogP contribution >= 0.6 is 0 Å². The maximum atomic E-state index is 3.74. The van der Waals surface area contributed by atoms with E-state index in [9.17, 15) is 0 Å². The fraction of sp³-hybridized carbons (Fsp3) is 0.600. The summed E-state index contributed by atoms with van der Waals surface area (Å²) in [5.74, 6) is 0.722. The molecule has 0 aliphatic carbocycles. The molecule has 0 fully saturated rings. The van der Waals surface area contributed by atoms with E-state index in [1.165, 1.54) is 6.33 Å². The molecule has 9 heavy (non-hydrogen) atoms. The molecule has 0 atom stereocenters. The average molecular weight is 124 g/mol. The van der Waals surface area contributed by atoms with Gasteiger partial charge in [0.25, 0.3) is 0 Å². The topological polar surface area (TPSA) is 51.6 Å². The lowest BCUT2D eigenvalue weighted by Crippen LogP contribution is -1.97. The van der Waals surface area contributed by atoms with Crippen molar-refractivity contribution in [3.63, 3.8) is 0 Å². The quantitative estimate of drug-likeness (QED) is 0.566. The molecule has 1 aromatic heterocycles. The first-order chi connectivity index (χ1) is 4.43. The number of nitrogens with zero attached hydrogens (tertiary/aromatic N) is 4. The third-order valence-electron chi connectivity index (χ3n) is 0.923. The molecular weight excluding hydrogens is 116 g/mol. The lowest BCUT2D eigenvalue weighted by Gasteiger charge is -1.88. The van der Waals surface area contributed by atoms with E-state index in [4.69, 9.17) is 0 Å². The Kier molecular flexibility index (Phi) is 2.06. The molecule has 0 saturated heterocycles. The SMILES string of the molecule is CCCc1nncnn1. The second-order valence-corrected chi connectivity index (χ2v) is 1.71. The Labute approximate surface area is 53.3 Å². The van der Waals surface area contributed by atoms with Crippen LogP contribution in [0.4, 0.5) is 0 Å². The van der Waals surface area contributed by atoms with Gasteiger partial charge in [0.2, 0.25) is 0 Å². The van der Waals surface area contributed by atoms with E-state index in [1.807, 2.05) is 0 Å². The van der Waals surface area contributed by atoms with Gasteiger partial charge < -0.3 is 0 Å². The fourth-order valence-corrected chi connectivity index (χ4v) is 0.552. The van der Waals surface area contributed by atoms with Crippen molar-refractivity contribution in [3.05, 3.63) is 12.2 Å². The highest BCUT2D eigenvalue weighted by Crippen LogP contribution is 1.87. The maximum Gasteiger partial charge on any atom is 0.173 e. The van der Waals surface area contributed by atoms with Crippen molar-refractivity contribution in [1.29, 1.82) is 0 Å². The molecular formula is C5H8N4. The Hall–Kier alpha value is -1.06. The van der Waals surface area contributed by atoms with Gasteiger partial charge >= 0.3 is 0 Å². The van der Waals surface area contributed by atoms with Crippen molar-refractivity contribution < 1.29 is 0 Å². The monoisotopic (exact) mass is 124 g/mol. The molecule has 0 spiro atoms. The summed E-state index contributed by atoms with van der Waals surface area (Å²) in [6, 6.07) is 0. The first-order valence-electron chi connectivity index (χ1n) is 2.92. The number of rotatable bonds is 2. The third kappa shape index (κ3) is 1.71. The van der Waals surface area contributed by atoms with E-state index < -0.39 is 0 Å². The van der Waals surface area contributed by atoms with Gasteiger partial charge in [-0.05, 0) is 6.42 Å². The number of hydrogen-bond donors (Lipinski definition) is 0. The maximum absolute atomic E-state index is 3.74. The largest absolute Gasteiger partial charge is 0.173 e. The summed E-state index contributed by atoms with van der Waals surface area (Å²) < 4.78 is 0.